The fraction of sp³-hybridized carbons (Fsp3) is 0.167. The van der Waals surface area contributed by atoms with Crippen molar-refractivity contribution < 1.29 is 13.9 Å². The number of fused-ring (bicyclic) bond motifs is 1. The van der Waals surface area contributed by atoms with Crippen LogP contribution in [0, 0.1) is 5.82 Å². The Kier molecular flexibility index (Phi) is 3.67. The molecule has 112 valence electrons. The Morgan fingerprint density at radius 2 is 2.05 bits per heavy atom. The van der Waals surface area contributed by atoms with E-state index in [0.717, 1.165) is 16.5 Å². The van der Waals surface area contributed by atoms with Gasteiger partial charge in [0.2, 0.25) is 0 Å². The Morgan fingerprint density at radius 1 is 1.23 bits per heavy atom. The topological polar surface area (TPSA) is 31.2 Å². The normalized spacial score (nSPS) is 10.9. The third-order valence-electron chi connectivity index (χ3n) is 3.71. The number of aromatic nitrogens is 1. The van der Waals surface area contributed by atoms with E-state index in [2.05, 4.69) is 0 Å². The van der Waals surface area contributed by atoms with Gasteiger partial charge in [0.15, 0.2) is 5.78 Å². The van der Waals surface area contributed by atoms with Gasteiger partial charge in [0.05, 0.1) is 7.11 Å². The molecule has 22 heavy (non-hydrogen) atoms. The van der Waals surface area contributed by atoms with E-state index < -0.39 is 0 Å². The summed E-state index contributed by atoms with van der Waals surface area (Å²) in [5.74, 6) is 0.442. The number of ether oxygens (including phenoxy) is 1. The van der Waals surface area contributed by atoms with Crippen molar-refractivity contribution in [2.75, 3.05) is 7.11 Å². The van der Waals surface area contributed by atoms with Gasteiger partial charge in [0.25, 0.3) is 0 Å². The van der Waals surface area contributed by atoms with Crippen molar-refractivity contribution in [1.29, 1.82) is 0 Å². The molecule has 0 fully saturated rings. The number of ketones is 1. The molecule has 0 saturated carbocycles. The molecule has 4 heteroatoms. The van der Waals surface area contributed by atoms with Gasteiger partial charge in [-0.1, -0.05) is 12.1 Å². The zero-order valence-corrected chi connectivity index (χ0v) is 12.5. The van der Waals surface area contributed by atoms with Crippen molar-refractivity contribution in [1.82, 2.24) is 4.57 Å². The van der Waals surface area contributed by atoms with Crippen molar-refractivity contribution >= 4 is 16.7 Å². The molecule has 0 radical (unpaired) electrons. The molecular formula is C18H16FNO2. The van der Waals surface area contributed by atoms with Gasteiger partial charge in [-0.25, -0.2) is 4.39 Å². The molecule has 0 atom stereocenters. The maximum atomic E-state index is 13.3. The smallest absolute Gasteiger partial charge is 0.161 e. The quantitative estimate of drug-likeness (QED) is 0.681. The summed E-state index contributed by atoms with van der Waals surface area (Å²) in [7, 11) is 1.60. The number of rotatable bonds is 4. The molecule has 1 aromatic heterocycles. The lowest BCUT2D eigenvalue weighted by molar-refractivity contribution is 0.101. The molecule has 0 aliphatic rings. The molecule has 0 spiro atoms. The summed E-state index contributed by atoms with van der Waals surface area (Å²) >= 11 is 0. The van der Waals surface area contributed by atoms with Crippen LogP contribution in [0.15, 0.2) is 48.7 Å². The Balaban J connectivity index is 2.11. The van der Waals surface area contributed by atoms with Crippen LogP contribution in [0.25, 0.3) is 10.9 Å². The van der Waals surface area contributed by atoms with E-state index in [1.165, 1.54) is 12.1 Å². The number of benzene rings is 2. The van der Waals surface area contributed by atoms with Crippen molar-refractivity contribution in [3.05, 3.63) is 65.6 Å². The number of Topliss-reactive ketones (excluding diaryl/α,β-unsaturated/α-hetero) is 1. The molecule has 2 aromatic carbocycles. The predicted octanol–water partition coefficient (Wildman–Crippen LogP) is 4.04. The van der Waals surface area contributed by atoms with E-state index in [-0.39, 0.29) is 11.6 Å². The lowest BCUT2D eigenvalue weighted by Crippen LogP contribution is -1.98. The van der Waals surface area contributed by atoms with E-state index in [4.69, 9.17) is 4.74 Å². The first-order valence-corrected chi connectivity index (χ1v) is 7.01. The van der Waals surface area contributed by atoms with Crippen molar-refractivity contribution in [2.45, 2.75) is 13.5 Å². The Hall–Kier alpha value is -2.62. The molecule has 3 rings (SSSR count). The molecule has 0 N–H and O–H groups in total. The Bertz CT molecular complexity index is 851. The molecule has 0 amide bonds. The summed E-state index contributed by atoms with van der Waals surface area (Å²) in [6.45, 7) is 2.05. The van der Waals surface area contributed by atoms with Crippen LogP contribution >= 0.6 is 0 Å². The van der Waals surface area contributed by atoms with E-state index in [1.54, 1.807) is 20.1 Å². The Labute approximate surface area is 127 Å². The van der Waals surface area contributed by atoms with Crippen molar-refractivity contribution in [2.24, 2.45) is 0 Å². The number of nitrogens with zero attached hydrogens (tertiary/aromatic N) is 1. The lowest BCUT2D eigenvalue weighted by atomic mass is 10.1. The summed E-state index contributed by atoms with van der Waals surface area (Å²) in [5.41, 5.74) is 2.42. The minimum atomic E-state index is -0.262. The SMILES string of the molecule is COc1ccc2c(c1)c(C(C)=O)cn2Cc1cccc(F)c1. The van der Waals surface area contributed by atoms with Crippen LogP contribution in [0.1, 0.15) is 22.8 Å². The minimum absolute atomic E-state index is 0.00348. The number of halogens is 1. The largest absolute Gasteiger partial charge is 0.497 e. The zero-order chi connectivity index (χ0) is 15.7. The summed E-state index contributed by atoms with van der Waals surface area (Å²) in [5, 5.41) is 0.850. The molecule has 3 nitrogen and oxygen atoms in total. The highest BCUT2D eigenvalue weighted by Crippen LogP contribution is 2.27. The first-order valence-electron chi connectivity index (χ1n) is 7.01. The second kappa shape index (κ2) is 5.64. The predicted molar refractivity (Wildman–Crippen MR) is 84.0 cm³/mol. The third kappa shape index (κ3) is 2.60. The van der Waals surface area contributed by atoms with E-state index in [0.29, 0.717) is 17.9 Å². The van der Waals surface area contributed by atoms with E-state index in [1.807, 2.05) is 35.0 Å². The van der Waals surface area contributed by atoms with Gasteiger partial charge < -0.3 is 9.30 Å². The lowest BCUT2D eigenvalue weighted by Gasteiger charge is -2.06. The van der Waals surface area contributed by atoms with Crippen LogP contribution in [-0.2, 0) is 6.54 Å². The summed E-state index contributed by atoms with van der Waals surface area (Å²) in [6, 6.07) is 12.1. The van der Waals surface area contributed by atoms with Crippen LogP contribution in [0.5, 0.6) is 5.75 Å². The molecule has 0 unspecified atom stereocenters. The summed E-state index contributed by atoms with van der Waals surface area (Å²) in [6.07, 6.45) is 1.82. The van der Waals surface area contributed by atoms with Gasteiger partial charge in [-0.3, -0.25) is 4.79 Å². The molecular weight excluding hydrogens is 281 g/mol. The minimum Gasteiger partial charge on any atom is -0.497 e. The highest BCUT2D eigenvalue weighted by molar-refractivity contribution is 6.07. The van der Waals surface area contributed by atoms with E-state index in [9.17, 15) is 9.18 Å². The van der Waals surface area contributed by atoms with Gasteiger partial charge in [-0.15, -0.1) is 0 Å². The summed E-state index contributed by atoms with van der Waals surface area (Å²) in [4.78, 5) is 11.9. The van der Waals surface area contributed by atoms with E-state index >= 15 is 0 Å². The fourth-order valence-corrected chi connectivity index (χ4v) is 2.65. The van der Waals surface area contributed by atoms with Gasteiger partial charge in [0.1, 0.15) is 11.6 Å². The number of hydrogen-bond acceptors (Lipinski definition) is 2. The zero-order valence-electron chi connectivity index (χ0n) is 12.5. The molecule has 0 aliphatic heterocycles. The number of carbonyl (C=O) groups excluding carboxylic acids is 1. The van der Waals surface area contributed by atoms with Gasteiger partial charge >= 0.3 is 0 Å². The van der Waals surface area contributed by atoms with Crippen LogP contribution in [0.4, 0.5) is 4.39 Å². The standard InChI is InChI=1S/C18H16FNO2/c1-12(21)17-11-20(10-13-4-3-5-14(19)8-13)18-7-6-15(22-2)9-16(17)18/h3-9,11H,10H2,1-2H3. The molecule has 0 aliphatic carbocycles. The monoisotopic (exact) mass is 297 g/mol. The van der Waals surface area contributed by atoms with Gasteiger partial charge in [0, 0.05) is 29.2 Å². The van der Waals surface area contributed by atoms with Crippen LogP contribution in [0.3, 0.4) is 0 Å². The number of hydrogen-bond donors (Lipinski definition) is 0. The third-order valence-corrected chi connectivity index (χ3v) is 3.71. The maximum Gasteiger partial charge on any atom is 0.161 e. The second-order valence-corrected chi connectivity index (χ2v) is 5.24. The number of methoxy groups -OCH3 is 1. The summed E-state index contributed by atoms with van der Waals surface area (Å²) < 4.78 is 20.5. The number of carbonyl (C=O) groups is 1. The fourth-order valence-electron chi connectivity index (χ4n) is 2.65. The average molecular weight is 297 g/mol. The molecule has 1 heterocycles. The van der Waals surface area contributed by atoms with Crippen LogP contribution in [0.2, 0.25) is 0 Å². The van der Waals surface area contributed by atoms with Crippen LogP contribution < -0.4 is 4.74 Å². The maximum absolute atomic E-state index is 13.3. The highest BCUT2D eigenvalue weighted by atomic mass is 19.1. The van der Waals surface area contributed by atoms with Gasteiger partial charge in [-0.05, 0) is 42.8 Å². The highest BCUT2D eigenvalue weighted by Gasteiger charge is 2.13. The molecule has 0 saturated heterocycles. The van der Waals surface area contributed by atoms with Crippen molar-refractivity contribution in [3.8, 4) is 5.75 Å². The van der Waals surface area contributed by atoms with Crippen molar-refractivity contribution in [3.63, 3.8) is 0 Å². The van der Waals surface area contributed by atoms with Crippen LogP contribution in [-0.4, -0.2) is 17.5 Å². The average Bonchev–Trinajstić information content (AvgIpc) is 2.85. The molecule has 3 aromatic rings. The first-order chi connectivity index (χ1) is 10.6. The Morgan fingerprint density at radius 3 is 2.73 bits per heavy atom. The second-order valence-electron chi connectivity index (χ2n) is 5.24. The first kappa shape index (κ1) is 14.3. The molecule has 0 bridgehead atoms. The van der Waals surface area contributed by atoms with Gasteiger partial charge in [-0.2, -0.15) is 0 Å².